The minimum atomic E-state index is 0.306. The molecule has 1 aromatic heterocycles. The molecule has 0 amide bonds. The Bertz CT molecular complexity index is 453. The van der Waals surface area contributed by atoms with Gasteiger partial charge < -0.3 is 10.2 Å². The Kier molecular flexibility index (Phi) is 3.55. The summed E-state index contributed by atoms with van der Waals surface area (Å²) in [6, 6.07) is 0. The van der Waals surface area contributed by atoms with E-state index in [4.69, 9.17) is 10.6 Å². The molecule has 19 heavy (non-hydrogen) atoms. The van der Waals surface area contributed by atoms with E-state index < -0.39 is 0 Å². The molecule has 0 aromatic carbocycles. The standard InChI is InChI=1S/C14H22N4O/c1-9-12(18-15)16-13(10-7-8-10)17-14(9)19-11-5-3-2-4-6-11/h10-11H,2-8,15H2,1H3,(H,16,17,18). The lowest BCUT2D eigenvalue weighted by atomic mass is 9.98. The maximum Gasteiger partial charge on any atom is 0.222 e. The van der Waals surface area contributed by atoms with E-state index >= 15 is 0 Å². The summed E-state index contributed by atoms with van der Waals surface area (Å²) >= 11 is 0. The molecule has 104 valence electrons. The van der Waals surface area contributed by atoms with Gasteiger partial charge in [0.05, 0.1) is 5.56 Å². The second-order valence-corrected chi connectivity index (χ2v) is 5.66. The Labute approximate surface area is 113 Å². The average Bonchev–Trinajstić information content (AvgIpc) is 3.27. The number of nitrogen functional groups attached to an aromatic ring is 1. The lowest BCUT2D eigenvalue weighted by Gasteiger charge is -2.23. The number of aromatic nitrogens is 2. The summed E-state index contributed by atoms with van der Waals surface area (Å²) in [5.74, 6) is 8.34. The number of nitrogens with zero attached hydrogens (tertiary/aromatic N) is 2. The van der Waals surface area contributed by atoms with Crippen LogP contribution < -0.4 is 16.0 Å². The van der Waals surface area contributed by atoms with Crippen LogP contribution in [0.2, 0.25) is 0 Å². The van der Waals surface area contributed by atoms with Crippen LogP contribution in [0.5, 0.6) is 5.88 Å². The smallest absolute Gasteiger partial charge is 0.222 e. The number of ether oxygens (including phenoxy) is 1. The topological polar surface area (TPSA) is 73.1 Å². The fourth-order valence-electron chi connectivity index (χ4n) is 2.63. The minimum absolute atomic E-state index is 0.306. The fourth-order valence-corrected chi connectivity index (χ4v) is 2.63. The van der Waals surface area contributed by atoms with Gasteiger partial charge in [-0.25, -0.2) is 10.8 Å². The third-order valence-corrected chi connectivity index (χ3v) is 4.03. The number of rotatable bonds is 4. The molecule has 0 unspecified atom stereocenters. The second-order valence-electron chi connectivity index (χ2n) is 5.66. The zero-order valence-corrected chi connectivity index (χ0v) is 11.5. The van der Waals surface area contributed by atoms with Gasteiger partial charge in [0.2, 0.25) is 5.88 Å². The van der Waals surface area contributed by atoms with Gasteiger partial charge in [-0.2, -0.15) is 4.98 Å². The molecule has 2 aliphatic carbocycles. The Hall–Kier alpha value is -1.36. The van der Waals surface area contributed by atoms with E-state index in [0.717, 1.165) is 30.1 Å². The largest absolute Gasteiger partial charge is 0.474 e. The second kappa shape index (κ2) is 5.33. The van der Waals surface area contributed by atoms with Crippen molar-refractivity contribution in [2.45, 2.75) is 63.9 Å². The van der Waals surface area contributed by atoms with Crippen molar-refractivity contribution in [1.29, 1.82) is 0 Å². The van der Waals surface area contributed by atoms with Gasteiger partial charge in [-0.15, -0.1) is 0 Å². The molecule has 0 spiro atoms. The van der Waals surface area contributed by atoms with E-state index in [1.165, 1.54) is 32.1 Å². The van der Waals surface area contributed by atoms with Crippen molar-refractivity contribution in [2.24, 2.45) is 5.84 Å². The summed E-state index contributed by atoms with van der Waals surface area (Å²) in [5.41, 5.74) is 3.58. The van der Waals surface area contributed by atoms with Crippen LogP contribution >= 0.6 is 0 Å². The fraction of sp³-hybridized carbons (Fsp3) is 0.714. The average molecular weight is 262 g/mol. The number of anilines is 1. The number of hydrogen-bond donors (Lipinski definition) is 2. The zero-order chi connectivity index (χ0) is 13.2. The Morgan fingerprint density at radius 2 is 1.84 bits per heavy atom. The lowest BCUT2D eigenvalue weighted by molar-refractivity contribution is 0.147. The molecule has 0 atom stereocenters. The van der Waals surface area contributed by atoms with Crippen molar-refractivity contribution >= 4 is 5.82 Å². The molecule has 1 aromatic rings. The van der Waals surface area contributed by atoms with Crippen LogP contribution in [0, 0.1) is 6.92 Å². The zero-order valence-electron chi connectivity index (χ0n) is 11.5. The Balaban J connectivity index is 1.83. The van der Waals surface area contributed by atoms with E-state index in [2.05, 4.69) is 15.4 Å². The third-order valence-electron chi connectivity index (χ3n) is 4.03. The van der Waals surface area contributed by atoms with Crippen molar-refractivity contribution in [2.75, 3.05) is 5.43 Å². The van der Waals surface area contributed by atoms with E-state index in [9.17, 15) is 0 Å². The molecule has 0 bridgehead atoms. The maximum atomic E-state index is 6.10. The van der Waals surface area contributed by atoms with Crippen LogP contribution in [0.4, 0.5) is 5.82 Å². The van der Waals surface area contributed by atoms with E-state index in [-0.39, 0.29) is 0 Å². The van der Waals surface area contributed by atoms with Crippen molar-refractivity contribution < 1.29 is 4.74 Å². The molecule has 5 nitrogen and oxygen atoms in total. The molecule has 1 heterocycles. The van der Waals surface area contributed by atoms with Gasteiger partial charge in [0.1, 0.15) is 17.7 Å². The molecular formula is C14H22N4O. The highest BCUT2D eigenvalue weighted by atomic mass is 16.5. The van der Waals surface area contributed by atoms with Crippen LogP contribution in [0.3, 0.4) is 0 Å². The molecule has 0 radical (unpaired) electrons. The van der Waals surface area contributed by atoms with Gasteiger partial charge in [-0.3, -0.25) is 0 Å². The highest BCUT2D eigenvalue weighted by Gasteiger charge is 2.29. The van der Waals surface area contributed by atoms with Crippen molar-refractivity contribution in [3.63, 3.8) is 0 Å². The van der Waals surface area contributed by atoms with Gasteiger partial charge in [-0.05, 0) is 45.4 Å². The highest BCUT2D eigenvalue weighted by Crippen LogP contribution is 2.40. The SMILES string of the molecule is Cc1c(NN)nc(C2CC2)nc1OC1CCCCC1. The molecule has 5 heteroatoms. The highest BCUT2D eigenvalue weighted by molar-refractivity contribution is 5.48. The van der Waals surface area contributed by atoms with Gasteiger partial charge in [0, 0.05) is 5.92 Å². The van der Waals surface area contributed by atoms with Gasteiger partial charge in [0.25, 0.3) is 0 Å². The first-order valence-electron chi connectivity index (χ1n) is 7.29. The monoisotopic (exact) mass is 262 g/mol. The number of hydrazine groups is 1. The third kappa shape index (κ3) is 2.81. The van der Waals surface area contributed by atoms with Crippen LogP contribution in [0.15, 0.2) is 0 Å². The van der Waals surface area contributed by atoms with Crippen LogP contribution in [0.25, 0.3) is 0 Å². The minimum Gasteiger partial charge on any atom is -0.474 e. The molecule has 0 aliphatic heterocycles. The molecule has 2 saturated carbocycles. The normalized spacial score (nSPS) is 20.3. The summed E-state index contributed by atoms with van der Waals surface area (Å²) in [4.78, 5) is 9.09. The molecule has 3 N–H and O–H groups in total. The number of hydrogen-bond acceptors (Lipinski definition) is 5. The van der Waals surface area contributed by atoms with Crippen molar-refractivity contribution in [3.8, 4) is 5.88 Å². The number of nitrogens with one attached hydrogen (secondary N) is 1. The van der Waals surface area contributed by atoms with Crippen molar-refractivity contribution in [1.82, 2.24) is 9.97 Å². The summed E-state index contributed by atoms with van der Waals surface area (Å²) in [7, 11) is 0. The van der Waals surface area contributed by atoms with Gasteiger partial charge in [-0.1, -0.05) is 6.42 Å². The summed E-state index contributed by atoms with van der Waals surface area (Å²) in [6.07, 6.45) is 8.76. The summed E-state index contributed by atoms with van der Waals surface area (Å²) < 4.78 is 6.10. The summed E-state index contributed by atoms with van der Waals surface area (Å²) in [6.45, 7) is 1.96. The molecule has 2 fully saturated rings. The van der Waals surface area contributed by atoms with Gasteiger partial charge >= 0.3 is 0 Å². The van der Waals surface area contributed by atoms with Crippen molar-refractivity contribution in [3.05, 3.63) is 11.4 Å². The van der Waals surface area contributed by atoms with E-state index in [1.807, 2.05) is 6.92 Å². The Morgan fingerprint density at radius 3 is 2.47 bits per heavy atom. The number of nitrogens with two attached hydrogens (primary N) is 1. The van der Waals surface area contributed by atoms with Crippen LogP contribution in [-0.4, -0.2) is 16.1 Å². The summed E-state index contributed by atoms with van der Waals surface area (Å²) in [5, 5.41) is 0. The van der Waals surface area contributed by atoms with E-state index in [0.29, 0.717) is 17.8 Å². The first-order valence-corrected chi connectivity index (χ1v) is 7.29. The quantitative estimate of drug-likeness (QED) is 0.644. The lowest BCUT2D eigenvalue weighted by Crippen LogP contribution is -2.22. The van der Waals surface area contributed by atoms with E-state index in [1.54, 1.807) is 0 Å². The molecule has 3 rings (SSSR count). The van der Waals surface area contributed by atoms with Crippen LogP contribution in [-0.2, 0) is 0 Å². The molecule has 2 aliphatic rings. The molecule has 0 saturated heterocycles. The Morgan fingerprint density at radius 1 is 1.11 bits per heavy atom. The first kappa shape index (κ1) is 12.7. The van der Waals surface area contributed by atoms with Gasteiger partial charge in [0.15, 0.2) is 0 Å². The predicted octanol–water partition coefficient (Wildman–Crippen LogP) is 2.66. The first-order chi connectivity index (χ1) is 9.28. The molecular weight excluding hydrogens is 240 g/mol. The maximum absolute atomic E-state index is 6.10. The predicted molar refractivity (Wildman–Crippen MR) is 74.1 cm³/mol. The van der Waals surface area contributed by atoms with Crippen LogP contribution in [0.1, 0.15) is 62.3 Å².